The topological polar surface area (TPSA) is 27.1 Å². The van der Waals surface area contributed by atoms with Crippen molar-refractivity contribution in [1.82, 2.24) is 9.78 Å². The highest BCUT2D eigenvalue weighted by Gasteiger charge is 2.20. The van der Waals surface area contributed by atoms with Crippen LogP contribution in [-0.2, 0) is 4.74 Å². The van der Waals surface area contributed by atoms with Gasteiger partial charge in [0.15, 0.2) is 6.23 Å². The Labute approximate surface area is 120 Å². The van der Waals surface area contributed by atoms with Gasteiger partial charge in [-0.1, -0.05) is 6.58 Å². The van der Waals surface area contributed by atoms with E-state index in [9.17, 15) is 0 Å². The maximum Gasteiger partial charge on any atom is 0.150 e. The van der Waals surface area contributed by atoms with Gasteiger partial charge in [0, 0.05) is 15.6 Å². The van der Waals surface area contributed by atoms with Crippen LogP contribution in [0.1, 0.15) is 31.2 Å². The van der Waals surface area contributed by atoms with Gasteiger partial charge in [-0.05, 0) is 66.1 Å². The quantitative estimate of drug-likeness (QED) is 0.763. The molecule has 0 bridgehead atoms. The van der Waals surface area contributed by atoms with Gasteiger partial charge in [-0.2, -0.15) is 5.10 Å². The fourth-order valence-corrected chi connectivity index (χ4v) is 2.92. The van der Waals surface area contributed by atoms with Gasteiger partial charge in [0.2, 0.25) is 0 Å². The molecule has 18 heavy (non-hydrogen) atoms. The molecule has 0 spiro atoms. The summed E-state index contributed by atoms with van der Waals surface area (Å²) in [6.07, 6.45) is 5.30. The van der Waals surface area contributed by atoms with Crippen molar-refractivity contribution in [2.75, 3.05) is 6.61 Å². The van der Waals surface area contributed by atoms with Gasteiger partial charge in [0.1, 0.15) is 0 Å². The van der Waals surface area contributed by atoms with Crippen LogP contribution in [0.2, 0.25) is 0 Å². The molecule has 1 fully saturated rings. The van der Waals surface area contributed by atoms with Crippen molar-refractivity contribution in [2.45, 2.75) is 25.5 Å². The Morgan fingerprint density at radius 3 is 3.06 bits per heavy atom. The van der Waals surface area contributed by atoms with E-state index in [-0.39, 0.29) is 6.23 Å². The molecule has 3 rings (SSSR count). The van der Waals surface area contributed by atoms with Crippen LogP contribution in [0.5, 0.6) is 0 Å². The molecule has 1 aliphatic heterocycles. The van der Waals surface area contributed by atoms with E-state index in [0.717, 1.165) is 36.0 Å². The summed E-state index contributed by atoms with van der Waals surface area (Å²) in [7, 11) is 0. The van der Waals surface area contributed by atoms with Crippen LogP contribution in [0.15, 0.2) is 24.8 Å². The van der Waals surface area contributed by atoms with E-state index < -0.39 is 0 Å². The molecule has 0 radical (unpaired) electrons. The van der Waals surface area contributed by atoms with Crippen LogP contribution < -0.4 is 0 Å². The first-order chi connectivity index (χ1) is 8.79. The summed E-state index contributed by atoms with van der Waals surface area (Å²) in [6, 6.07) is 6.38. The molecule has 1 aromatic carbocycles. The van der Waals surface area contributed by atoms with Crippen molar-refractivity contribution in [2.24, 2.45) is 0 Å². The monoisotopic (exact) mass is 354 g/mol. The smallest absolute Gasteiger partial charge is 0.150 e. The SMILES string of the molecule is C=Cc1nn(C2CCCCO2)c2ccc(I)cc12. The average molecular weight is 354 g/mol. The summed E-state index contributed by atoms with van der Waals surface area (Å²) >= 11 is 2.32. The van der Waals surface area contributed by atoms with E-state index in [4.69, 9.17) is 4.74 Å². The van der Waals surface area contributed by atoms with E-state index in [1.54, 1.807) is 0 Å². The summed E-state index contributed by atoms with van der Waals surface area (Å²) in [6.45, 7) is 4.68. The normalized spacial score (nSPS) is 20.2. The minimum atomic E-state index is 0.0787. The Morgan fingerprint density at radius 2 is 2.33 bits per heavy atom. The number of hydrogen-bond donors (Lipinski definition) is 0. The maximum absolute atomic E-state index is 5.82. The minimum absolute atomic E-state index is 0.0787. The first kappa shape index (κ1) is 12.2. The highest BCUT2D eigenvalue weighted by atomic mass is 127. The lowest BCUT2D eigenvalue weighted by Crippen LogP contribution is -2.19. The first-order valence-electron chi connectivity index (χ1n) is 6.21. The second kappa shape index (κ2) is 5.01. The van der Waals surface area contributed by atoms with Crippen molar-refractivity contribution in [3.05, 3.63) is 34.0 Å². The van der Waals surface area contributed by atoms with E-state index >= 15 is 0 Å². The molecule has 1 aliphatic rings. The molecule has 2 heterocycles. The van der Waals surface area contributed by atoms with Crippen LogP contribution in [0.3, 0.4) is 0 Å². The van der Waals surface area contributed by atoms with Crippen molar-refractivity contribution >= 4 is 39.6 Å². The Morgan fingerprint density at radius 1 is 1.44 bits per heavy atom. The van der Waals surface area contributed by atoms with Gasteiger partial charge in [-0.3, -0.25) is 0 Å². The van der Waals surface area contributed by atoms with Crippen molar-refractivity contribution in [3.63, 3.8) is 0 Å². The third kappa shape index (κ3) is 2.07. The molecule has 0 saturated carbocycles. The van der Waals surface area contributed by atoms with Gasteiger partial charge in [-0.25, -0.2) is 4.68 Å². The highest BCUT2D eigenvalue weighted by molar-refractivity contribution is 14.1. The molecule has 1 aromatic heterocycles. The van der Waals surface area contributed by atoms with Crippen LogP contribution >= 0.6 is 22.6 Å². The number of benzene rings is 1. The predicted molar refractivity (Wildman–Crippen MR) is 81.4 cm³/mol. The summed E-state index contributed by atoms with van der Waals surface area (Å²) < 4.78 is 9.06. The van der Waals surface area contributed by atoms with Crippen LogP contribution in [0.25, 0.3) is 17.0 Å². The third-order valence-corrected chi connectivity index (χ3v) is 3.99. The molecule has 1 saturated heterocycles. The lowest BCUT2D eigenvalue weighted by atomic mass is 10.2. The zero-order valence-electron chi connectivity index (χ0n) is 10.1. The van der Waals surface area contributed by atoms with Gasteiger partial charge in [0.05, 0.1) is 11.2 Å². The number of hydrogen-bond acceptors (Lipinski definition) is 2. The number of nitrogens with zero attached hydrogens (tertiary/aromatic N) is 2. The number of aromatic nitrogens is 2. The summed E-state index contributed by atoms with van der Waals surface area (Å²) in [5.74, 6) is 0. The fourth-order valence-electron chi connectivity index (χ4n) is 2.42. The zero-order chi connectivity index (χ0) is 12.5. The van der Waals surface area contributed by atoms with Gasteiger partial charge in [-0.15, -0.1) is 0 Å². The second-order valence-corrected chi connectivity index (χ2v) is 5.76. The van der Waals surface area contributed by atoms with Crippen LogP contribution in [-0.4, -0.2) is 16.4 Å². The molecule has 4 heteroatoms. The number of halogens is 1. The summed E-state index contributed by atoms with van der Waals surface area (Å²) in [5, 5.41) is 5.80. The van der Waals surface area contributed by atoms with Crippen molar-refractivity contribution in [1.29, 1.82) is 0 Å². The zero-order valence-corrected chi connectivity index (χ0v) is 12.3. The maximum atomic E-state index is 5.82. The highest BCUT2D eigenvalue weighted by Crippen LogP contribution is 2.29. The van der Waals surface area contributed by atoms with E-state index in [2.05, 4.69) is 52.5 Å². The Bertz CT molecular complexity index is 585. The summed E-state index contributed by atoms with van der Waals surface area (Å²) in [5.41, 5.74) is 2.08. The van der Waals surface area contributed by atoms with E-state index in [1.165, 1.54) is 9.99 Å². The predicted octanol–water partition coefficient (Wildman–Crippen LogP) is 3.98. The fraction of sp³-hybridized carbons (Fsp3) is 0.357. The molecule has 0 amide bonds. The largest absolute Gasteiger partial charge is 0.356 e. The first-order valence-corrected chi connectivity index (χ1v) is 7.29. The van der Waals surface area contributed by atoms with Gasteiger partial charge in [0.25, 0.3) is 0 Å². The Kier molecular flexibility index (Phi) is 3.39. The minimum Gasteiger partial charge on any atom is -0.356 e. The standard InChI is InChI=1S/C14H15IN2O/c1-2-12-11-9-10(15)6-7-13(11)17(16-12)14-5-3-4-8-18-14/h2,6-7,9,14H,1,3-5,8H2. The number of fused-ring (bicyclic) bond motifs is 1. The molecule has 0 aliphatic carbocycles. The second-order valence-electron chi connectivity index (χ2n) is 4.52. The lowest BCUT2D eigenvalue weighted by Gasteiger charge is -2.23. The van der Waals surface area contributed by atoms with E-state index in [0.29, 0.717) is 0 Å². The molecular formula is C14H15IN2O. The lowest BCUT2D eigenvalue weighted by molar-refractivity contribution is -0.0367. The van der Waals surface area contributed by atoms with Gasteiger partial charge < -0.3 is 4.74 Å². The average Bonchev–Trinajstić information content (AvgIpc) is 2.77. The Hall–Kier alpha value is -0.880. The van der Waals surface area contributed by atoms with Crippen molar-refractivity contribution < 1.29 is 4.74 Å². The van der Waals surface area contributed by atoms with E-state index in [1.807, 2.05) is 10.8 Å². The Balaban J connectivity index is 2.13. The molecular weight excluding hydrogens is 339 g/mol. The molecule has 1 unspecified atom stereocenters. The van der Waals surface area contributed by atoms with Crippen LogP contribution in [0, 0.1) is 3.57 Å². The van der Waals surface area contributed by atoms with Gasteiger partial charge >= 0.3 is 0 Å². The van der Waals surface area contributed by atoms with Crippen molar-refractivity contribution in [3.8, 4) is 0 Å². The summed E-state index contributed by atoms with van der Waals surface area (Å²) in [4.78, 5) is 0. The number of ether oxygens (including phenoxy) is 1. The number of rotatable bonds is 2. The molecule has 3 nitrogen and oxygen atoms in total. The molecule has 0 N–H and O–H groups in total. The van der Waals surface area contributed by atoms with Crippen LogP contribution in [0.4, 0.5) is 0 Å². The molecule has 1 atom stereocenters. The molecule has 94 valence electrons. The third-order valence-electron chi connectivity index (χ3n) is 3.32. The molecule has 2 aromatic rings.